The van der Waals surface area contributed by atoms with Crippen LogP contribution in [0.1, 0.15) is 29.6 Å². The summed E-state index contributed by atoms with van der Waals surface area (Å²) in [7, 11) is 1.51. The molecule has 0 atom stereocenters. The molecule has 0 spiro atoms. The summed E-state index contributed by atoms with van der Waals surface area (Å²) in [6.07, 6.45) is 2.22. The molecule has 0 heterocycles. The Morgan fingerprint density at radius 1 is 1.58 bits per heavy atom. The van der Waals surface area contributed by atoms with E-state index in [1.165, 1.54) is 19.2 Å². The van der Waals surface area contributed by atoms with Crippen molar-refractivity contribution in [2.45, 2.75) is 25.3 Å². The van der Waals surface area contributed by atoms with Crippen LogP contribution >= 0.6 is 0 Å². The van der Waals surface area contributed by atoms with Gasteiger partial charge in [0.15, 0.2) is 0 Å². The average molecular weight is 260 g/mol. The van der Waals surface area contributed by atoms with Crippen molar-refractivity contribution in [2.75, 3.05) is 13.7 Å². The first-order valence-corrected chi connectivity index (χ1v) is 6.22. The largest absolute Gasteiger partial charge is 0.507 e. The lowest BCUT2D eigenvalue weighted by Crippen LogP contribution is -2.34. The molecule has 0 radical (unpaired) electrons. The highest BCUT2D eigenvalue weighted by atomic mass is 16.5. The second-order valence-electron chi connectivity index (χ2n) is 4.52. The molecule has 19 heavy (non-hydrogen) atoms. The molecule has 2 rings (SSSR count). The van der Waals surface area contributed by atoms with Crippen LogP contribution in [-0.2, 0) is 0 Å². The van der Waals surface area contributed by atoms with E-state index in [0.717, 1.165) is 12.8 Å². The van der Waals surface area contributed by atoms with E-state index < -0.39 is 0 Å². The maximum absolute atomic E-state index is 12.4. The molecule has 1 amide bonds. The third kappa shape index (κ3) is 2.97. The quantitative estimate of drug-likeness (QED) is 0.877. The van der Waals surface area contributed by atoms with Crippen molar-refractivity contribution >= 4 is 5.91 Å². The number of carbonyl (C=O) groups is 1. The van der Waals surface area contributed by atoms with Crippen LogP contribution in [0.4, 0.5) is 0 Å². The van der Waals surface area contributed by atoms with Crippen LogP contribution in [0, 0.1) is 11.3 Å². The van der Waals surface area contributed by atoms with Crippen molar-refractivity contribution in [2.24, 2.45) is 0 Å². The standard InChI is InChI=1S/C14H16N2O3/c1-19-11-5-6-13(17)12(9-11)14(18)16(8-2-7-15)10-3-4-10/h5-6,9-10,17H,2-4,8H2,1H3. The number of hydrogen-bond acceptors (Lipinski definition) is 4. The van der Waals surface area contributed by atoms with E-state index >= 15 is 0 Å². The fourth-order valence-electron chi connectivity index (χ4n) is 1.97. The zero-order chi connectivity index (χ0) is 13.8. The van der Waals surface area contributed by atoms with E-state index in [0.29, 0.717) is 18.7 Å². The molecule has 5 nitrogen and oxygen atoms in total. The maximum Gasteiger partial charge on any atom is 0.258 e. The normalized spacial score (nSPS) is 13.7. The number of phenols is 1. The summed E-state index contributed by atoms with van der Waals surface area (Å²) >= 11 is 0. The van der Waals surface area contributed by atoms with Gasteiger partial charge in [0.05, 0.1) is 25.2 Å². The number of benzene rings is 1. The first-order chi connectivity index (χ1) is 9.17. The molecule has 1 aromatic rings. The number of nitrogens with zero attached hydrogens (tertiary/aromatic N) is 2. The van der Waals surface area contributed by atoms with Crippen LogP contribution in [0.5, 0.6) is 11.5 Å². The first kappa shape index (κ1) is 13.2. The van der Waals surface area contributed by atoms with Crippen LogP contribution in [0.15, 0.2) is 18.2 Å². The molecule has 1 fully saturated rings. The molecular weight excluding hydrogens is 244 g/mol. The molecule has 100 valence electrons. The fourth-order valence-corrected chi connectivity index (χ4v) is 1.97. The topological polar surface area (TPSA) is 73.6 Å². The van der Waals surface area contributed by atoms with Gasteiger partial charge in [0.2, 0.25) is 0 Å². The third-order valence-electron chi connectivity index (χ3n) is 3.15. The van der Waals surface area contributed by atoms with Gasteiger partial charge in [0, 0.05) is 12.6 Å². The van der Waals surface area contributed by atoms with Crippen molar-refractivity contribution in [3.8, 4) is 17.6 Å². The van der Waals surface area contributed by atoms with Gasteiger partial charge in [-0.15, -0.1) is 0 Å². The molecule has 0 unspecified atom stereocenters. The van der Waals surface area contributed by atoms with Gasteiger partial charge in [0.25, 0.3) is 5.91 Å². The maximum atomic E-state index is 12.4. The Morgan fingerprint density at radius 2 is 2.32 bits per heavy atom. The highest BCUT2D eigenvalue weighted by molar-refractivity contribution is 5.97. The summed E-state index contributed by atoms with van der Waals surface area (Å²) in [5.74, 6) is 0.222. The van der Waals surface area contributed by atoms with Crippen molar-refractivity contribution in [3.05, 3.63) is 23.8 Å². The number of hydrogen-bond donors (Lipinski definition) is 1. The SMILES string of the molecule is COc1ccc(O)c(C(=O)N(CCC#N)C2CC2)c1. The lowest BCUT2D eigenvalue weighted by Gasteiger charge is -2.21. The number of ether oxygens (including phenoxy) is 1. The molecule has 0 bridgehead atoms. The Hall–Kier alpha value is -2.22. The lowest BCUT2D eigenvalue weighted by atomic mass is 10.1. The highest BCUT2D eigenvalue weighted by Crippen LogP contribution is 2.31. The summed E-state index contributed by atoms with van der Waals surface area (Å²) in [6.45, 7) is 0.399. The molecule has 0 saturated heterocycles. The van der Waals surface area contributed by atoms with Crippen LogP contribution in [0.2, 0.25) is 0 Å². The molecule has 1 aliphatic carbocycles. The van der Waals surface area contributed by atoms with Crippen molar-refractivity contribution < 1.29 is 14.6 Å². The van der Waals surface area contributed by atoms with Gasteiger partial charge in [-0.3, -0.25) is 4.79 Å². The minimum absolute atomic E-state index is 0.0617. The van der Waals surface area contributed by atoms with Gasteiger partial charge in [-0.1, -0.05) is 0 Å². The van der Waals surface area contributed by atoms with E-state index in [4.69, 9.17) is 10.00 Å². The van der Waals surface area contributed by atoms with E-state index in [2.05, 4.69) is 0 Å². The Balaban J connectivity index is 2.23. The molecule has 1 N–H and O–H groups in total. The van der Waals surface area contributed by atoms with E-state index in [9.17, 15) is 9.90 Å². The summed E-state index contributed by atoms with van der Waals surface area (Å²) in [5.41, 5.74) is 0.226. The summed E-state index contributed by atoms with van der Waals surface area (Å²) in [6, 6.07) is 6.82. The second kappa shape index (κ2) is 5.61. The van der Waals surface area contributed by atoms with Gasteiger partial charge >= 0.3 is 0 Å². The molecular formula is C14H16N2O3. The minimum Gasteiger partial charge on any atom is -0.507 e. The number of methoxy groups -OCH3 is 1. The Morgan fingerprint density at radius 3 is 2.89 bits per heavy atom. The number of rotatable bonds is 5. The number of carbonyl (C=O) groups excluding carboxylic acids is 1. The van der Waals surface area contributed by atoms with Crippen LogP contribution in [-0.4, -0.2) is 35.6 Å². The number of phenolic OH excluding ortho intramolecular Hbond substituents is 1. The molecule has 1 aromatic carbocycles. The number of aromatic hydroxyl groups is 1. The predicted octanol–water partition coefficient (Wildman–Crippen LogP) is 1.92. The highest BCUT2D eigenvalue weighted by Gasteiger charge is 2.33. The Labute approximate surface area is 112 Å². The van der Waals surface area contributed by atoms with Crippen molar-refractivity contribution in [1.82, 2.24) is 4.90 Å². The van der Waals surface area contributed by atoms with Crippen molar-refractivity contribution in [3.63, 3.8) is 0 Å². The van der Waals surface area contributed by atoms with Gasteiger partial charge in [-0.25, -0.2) is 0 Å². The first-order valence-electron chi connectivity index (χ1n) is 6.22. The second-order valence-corrected chi connectivity index (χ2v) is 4.52. The molecule has 5 heteroatoms. The van der Waals surface area contributed by atoms with Gasteiger partial charge in [0.1, 0.15) is 11.5 Å². The fraction of sp³-hybridized carbons (Fsp3) is 0.429. The monoisotopic (exact) mass is 260 g/mol. The number of amides is 1. The van der Waals surface area contributed by atoms with Crippen molar-refractivity contribution in [1.29, 1.82) is 5.26 Å². The summed E-state index contributed by atoms with van der Waals surface area (Å²) in [4.78, 5) is 14.1. The number of nitriles is 1. The molecule has 0 aliphatic heterocycles. The predicted molar refractivity (Wildman–Crippen MR) is 68.9 cm³/mol. The zero-order valence-corrected chi connectivity index (χ0v) is 10.8. The van der Waals surface area contributed by atoms with Crippen LogP contribution in [0.3, 0.4) is 0 Å². The third-order valence-corrected chi connectivity index (χ3v) is 3.15. The van der Waals surface area contributed by atoms with Crippen LogP contribution < -0.4 is 4.74 Å². The van der Waals surface area contributed by atoms with E-state index in [1.54, 1.807) is 11.0 Å². The molecule has 1 aliphatic rings. The van der Waals surface area contributed by atoms with Gasteiger partial charge in [-0.2, -0.15) is 5.26 Å². The van der Waals surface area contributed by atoms with E-state index in [-0.39, 0.29) is 23.3 Å². The van der Waals surface area contributed by atoms with Crippen LogP contribution in [0.25, 0.3) is 0 Å². The average Bonchev–Trinajstić information content (AvgIpc) is 3.24. The minimum atomic E-state index is -0.242. The Bertz CT molecular complexity index is 518. The molecule has 1 saturated carbocycles. The zero-order valence-electron chi connectivity index (χ0n) is 10.8. The molecule has 0 aromatic heterocycles. The lowest BCUT2D eigenvalue weighted by molar-refractivity contribution is 0.0743. The Kier molecular flexibility index (Phi) is 3.91. The summed E-state index contributed by atoms with van der Waals surface area (Å²) < 4.78 is 5.06. The summed E-state index contributed by atoms with van der Waals surface area (Å²) in [5, 5.41) is 18.5. The van der Waals surface area contributed by atoms with Gasteiger partial charge < -0.3 is 14.7 Å². The van der Waals surface area contributed by atoms with Gasteiger partial charge in [-0.05, 0) is 31.0 Å². The van der Waals surface area contributed by atoms with E-state index in [1.807, 2.05) is 6.07 Å². The smallest absolute Gasteiger partial charge is 0.258 e.